The SMILES string of the molecule is CCn1c(Oc2ccc(C)cc2)cc(=O)c(C(=O)O)c1-c1ccc(Cl)c(Cl)c1. The van der Waals surface area contributed by atoms with Gasteiger partial charge in [0, 0.05) is 18.2 Å². The molecule has 0 aliphatic heterocycles. The fourth-order valence-electron chi connectivity index (χ4n) is 2.90. The summed E-state index contributed by atoms with van der Waals surface area (Å²) in [5.41, 5.74) is 0.734. The van der Waals surface area contributed by atoms with Crippen molar-refractivity contribution >= 4 is 29.2 Å². The van der Waals surface area contributed by atoms with E-state index in [9.17, 15) is 14.7 Å². The molecule has 1 aromatic heterocycles. The fraction of sp³-hybridized carbons (Fsp3) is 0.143. The molecular weight excluding hydrogens is 401 g/mol. The molecule has 0 amide bonds. The smallest absolute Gasteiger partial charge is 0.341 e. The van der Waals surface area contributed by atoms with Crippen molar-refractivity contribution in [3.05, 3.63) is 79.9 Å². The van der Waals surface area contributed by atoms with Crippen LogP contribution in [0.25, 0.3) is 11.3 Å². The van der Waals surface area contributed by atoms with Crippen molar-refractivity contribution in [3.63, 3.8) is 0 Å². The summed E-state index contributed by atoms with van der Waals surface area (Å²) in [6.45, 7) is 4.16. The summed E-state index contributed by atoms with van der Waals surface area (Å²) in [5, 5.41) is 10.2. The summed E-state index contributed by atoms with van der Waals surface area (Å²) in [6, 6.07) is 13.2. The molecule has 0 saturated carbocycles. The van der Waals surface area contributed by atoms with Gasteiger partial charge in [0.25, 0.3) is 0 Å². The van der Waals surface area contributed by atoms with Gasteiger partial charge < -0.3 is 14.4 Å². The van der Waals surface area contributed by atoms with Crippen molar-refractivity contribution < 1.29 is 14.6 Å². The molecule has 0 spiro atoms. The minimum absolute atomic E-state index is 0.211. The first-order valence-corrected chi connectivity index (χ1v) is 9.28. The van der Waals surface area contributed by atoms with Crippen molar-refractivity contribution in [1.29, 1.82) is 0 Å². The highest BCUT2D eigenvalue weighted by Gasteiger charge is 2.23. The van der Waals surface area contributed by atoms with E-state index in [2.05, 4.69) is 0 Å². The maximum Gasteiger partial charge on any atom is 0.341 e. The molecule has 0 aliphatic carbocycles. The second-order valence-electron chi connectivity index (χ2n) is 6.16. The topological polar surface area (TPSA) is 68.5 Å². The number of carboxylic acid groups (broad SMARTS) is 1. The van der Waals surface area contributed by atoms with Crippen molar-refractivity contribution in [1.82, 2.24) is 4.57 Å². The molecule has 0 bridgehead atoms. The maximum absolute atomic E-state index is 12.6. The van der Waals surface area contributed by atoms with E-state index in [1.165, 1.54) is 12.1 Å². The Bertz CT molecular complexity index is 1100. The number of carboxylic acids is 1. The summed E-state index contributed by atoms with van der Waals surface area (Å²) in [6.07, 6.45) is 0. The average Bonchev–Trinajstić information content (AvgIpc) is 2.65. The molecule has 144 valence electrons. The van der Waals surface area contributed by atoms with Crippen LogP contribution in [0, 0.1) is 6.92 Å². The lowest BCUT2D eigenvalue weighted by Crippen LogP contribution is -2.21. The zero-order chi connectivity index (χ0) is 20.4. The zero-order valence-electron chi connectivity index (χ0n) is 15.2. The number of aromatic nitrogens is 1. The van der Waals surface area contributed by atoms with Gasteiger partial charge in [-0.25, -0.2) is 4.79 Å². The molecule has 3 rings (SSSR count). The van der Waals surface area contributed by atoms with Gasteiger partial charge in [0.2, 0.25) is 11.3 Å². The Morgan fingerprint density at radius 3 is 2.32 bits per heavy atom. The largest absolute Gasteiger partial charge is 0.477 e. The zero-order valence-corrected chi connectivity index (χ0v) is 16.7. The van der Waals surface area contributed by atoms with Crippen molar-refractivity contribution in [2.45, 2.75) is 20.4 Å². The number of aryl methyl sites for hydroxylation is 1. The van der Waals surface area contributed by atoms with Gasteiger partial charge in [0.1, 0.15) is 11.3 Å². The molecular formula is C21H17Cl2NO4. The first-order valence-electron chi connectivity index (χ1n) is 8.53. The number of nitrogens with zero attached hydrogens (tertiary/aromatic N) is 1. The van der Waals surface area contributed by atoms with Crippen LogP contribution in [0.1, 0.15) is 22.8 Å². The number of rotatable bonds is 5. The van der Waals surface area contributed by atoms with Crippen LogP contribution in [0.5, 0.6) is 11.6 Å². The molecule has 0 saturated heterocycles. The van der Waals surface area contributed by atoms with Crippen LogP contribution >= 0.6 is 23.2 Å². The lowest BCUT2D eigenvalue weighted by atomic mass is 10.0. The van der Waals surface area contributed by atoms with Crippen LogP contribution in [-0.2, 0) is 6.54 Å². The molecule has 5 nitrogen and oxygen atoms in total. The molecule has 0 atom stereocenters. The third kappa shape index (κ3) is 3.91. The highest BCUT2D eigenvalue weighted by atomic mass is 35.5. The van der Waals surface area contributed by atoms with E-state index in [4.69, 9.17) is 27.9 Å². The van der Waals surface area contributed by atoms with E-state index in [0.717, 1.165) is 5.56 Å². The fourth-order valence-corrected chi connectivity index (χ4v) is 3.20. The summed E-state index contributed by atoms with van der Waals surface area (Å²) < 4.78 is 7.53. The summed E-state index contributed by atoms with van der Waals surface area (Å²) in [7, 11) is 0. The molecule has 7 heteroatoms. The Morgan fingerprint density at radius 2 is 1.75 bits per heavy atom. The minimum Gasteiger partial charge on any atom is -0.477 e. The molecule has 1 N–H and O–H groups in total. The number of hydrogen-bond donors (Lipinski definition) is 1. The standard InChI is InChI=1S/C21H17Cl2NO4/c1-3-24-18(28-14-7-4-12(2)5-8-14)11-17(25)19(21(26)27)20(24)13-6-9-15(22)16(23)10-13/h4-11H,3H2,1-2H3,(H,26,27). The quantitative estimate of drug-likeness (QED) is 0.582. The number of ether oxygens (including phenoxy) is 1. The van der Waals surface area contributed by atoms with Crippen molar-refractivity contribution in [2.24, 2.45) is 0 Å². The lowest BCUT2D eigenvalue weighted by Gasteiger charge is -2.20. The van der Waals surface area contributed by atoms with Crippen LogP contribution in [0.3, 0.4) is 0 Å². The Kier molecular flexibility index (Phi) is 5.77. The highest BCUT2D eigenvalue weighted by Crippen LogP contribution is 2.33. The Morgan fingerprint density at radius 1 is 1.07 bits per heavy atom. The predicted octanol–water partition coefficient (Wildman–Crippen LogP) is 5.64. The third-order valence-electron chi connectivity index (χ3n) is 4.24. The molecule has 2 aromatic carbocycles. The first kappa shape index (κ1) is 20.0. The summed E-state index contributed by atoms with van der Waals surface area (Å²) >= 11 is 12.1. The Labute approximate surface area is 171 Å². The van der Waals surface area contributed by atoms with Crippen LogP contribution in [0.15, 0.2) is 53.3 Å². The molecule has 0 fully saturated rings. The van der Waals surface area contributed by atoms with Gasteiger partial charge in [-0.3, -0.25) is 4.79 Å². The molecule has 28 heavy (non-hydrogen) atoms. The molecule has 0 unspecified atom stereocenters. The van der Waals surface area contributed by atoms with Gasteiger partial charge in [0.15, 0.2) is 0 Å². The third-order valence-corrected chi connectivity index (χ3v) is 4.98. The lowest BCUT2D eigenvalue weighted by molar-refractivity contribution is 0.0695. The number of aromatic carboxylic acids is 1. The number of benzene rings is 2. The molecule has 1 heterocycles. The molecule has 0 aliphatic rings. The number of halogens is 2. The number of hydrogen-bond acceptors (Lipinski definition) is 3. The predicted molar refractivity (Wildman–Crippen MR) is 110 cm³/mol. The van der Waals surface area contributed by atoms with E-state index < -0.39 is 11.4 Å². The van der Waals surface area contributed by atoms with Gasteiger partial charge in [-0.2, -0.15) is 0 Å². The minimum atomic E-state index is -1.32. The number of carbonyl (C=O) groups is 1. The monoisotopic (exact) mass is 417 g/mol. The normalized spacial score (nSPS) is 10.7. The van der Waals surface area contributed by atoms with Gasteiger partial charge in [-0.1, -0.05) is 47.0 Å². The second kappa shape index (κ2) is 8.09. The summed E-state index contributed by atoms with van der Waals surface area (Å²) in [4.78, 5) is 24.4. The van der Waals surface area contributed by atoms with E-state index in [1.54, 1.807) is 28.8 Å². The Balaban J connectivity index is 2.26. The second-order valence-corrected chi connectivity index (χ2v) is 6.98. The van der Waals surface area contributed by atoms with Crippen LogP contribution in [-0.4, -0.2) is 15.6 Å². The van der Waals surface area contributed by atoms with Gasteiger partial charge in [-0.05, 0) is 38.1 Å². The van der Waals surface area contributed by atoms with Crippen LogP contribution in [0.4, 0.5) is 0 Å². The van der Waals surface area contributed by atoms with Crippen molar-refractivity contribution in [2.75, 3.05) is 0 Å². The maximum atomic E-state index is 12.6. The van der Waals surface area contributed by atoms with Gasteiger partial charge in [0.05, 0.1) is 15.7 Å². The van der Waals surface area contributed by atoms with E-state index >= 15 is 0 Å². The highest BCUT2D eigenvalue weighted by molar-refractivity contribution is 6.42. The van der Waals surface area contributed by atoms with E-state index in [1.807, 2.05) is 26.0 Å². The van der Waals surface area contributed by atoms with Gasteiger partial charge in [-0.15, -0.1) is 0 Å². The summed E-state index contributed by atoms with van der Waals surface area (Å²) in [5.74, 6) is -0.548. The Hall–Kier alpha value is -2.76. The average molecular weight is 418 g/mol. The molecule has 0 radical (unpaired) electrons. The van der Waals surface area contributed by atoms with E-state index in [0.29, 0.717) is 22.9 Å². The van der Waals surface area contributed by atoms with Crippen molar-refractivity contribution in [3.8, 4) is 22.9 Å². The van der Waals surface area contributed by atoms with Gasteiger partial charge >= 0.3 is 5.97 Å². The molecule has 3 aromatic rings. The first-order chi connectivity index (χ1) is 13.3. The van der Waals surface area contributed by atoms with Crippen LogP contribution < -0.4 is 10.2 Å². The number of pyridine rings is 1. The van der Waals surface area contributed by atoms with Crippen LogP contribution in [0.2, 0.25) is 10.0 Å². The van der Waals surface area contributed by atoms with E-state index in [-0.39, 0.29) is 22.2 Å².